The van der Waals surface area contributed by atoms with Gasteiger partial charge in [-0.25, -0.2) is 9.37 Å². The predicted molar refractivity (Wildman–Crippen MR) is 95.6 cm³/mol. The van der Waals surface area contributed by atoms with Crippen LogP contribution in [0.15, 0.2) is 41.1 Å². The molecule has 1 N–H and O–H groups in total. The van der Waals surface area contributed by atoms with Crippen molar-refractivity contribution in [1.29, 1.82) is 0 Å². The third kappa shape index (κ3) is 4.05. The molecule has 0 bridgehead atoms. The summed E-state index contributed by atoms with van der Waals surface area (Å²) in [6.45, 7) is 4.63. The third-order valence-electron chi connectivity index (χ3n) is 3.86. The molecule has 0 fully saturated rings. The standard InChI is InChI=1S/C18H19FN2S2/c1-12-13(2)23-18(21-12)17(9-14-7-8-22-11-14)20-10-15-5-3-4-6-16(15)19/h3-8,11,17,20H,9-10H2,1-2H3. The van der Waals surface area contributed by atoms with E-state index in [1.165, 1.54) is 16.5 Å². The van der Waals surface area contributed by atoms with Crippen molar-refractivity contribution in [2.24, 2.45) is 0 Å². The molecular weight excluding hydrogens is 327 g/mol. The summed E-state index contributed by atoms with van der Waals surface area (Å²) < 4.78 is 13.8. The Bertz CT molecular complexity index is 746. The van der Waals surface area contributed by atoms with E-state index >= 15 is 0 Å². The van der Waals surface area contributed by atoms with Crippen LogP contribution in [0.3, 0.4) is 0 Å². The summed E-state index contributed by atoms with van der Waals surface area (Å²) >= 11 is 3.42. The van der Waals surface area contributed by atoms with E-state index in [2.05, 4.69) is 29.1 Å². The highest BCUT2D eigenvalue weighted by Gasteiger charge is 2.18. The Morgan fingerprint density at radius 2 is 2.04 bits per heavy atom. The van der Waals surface area contributed by atoms with Crippen molar-refractivity contribution in [2.45, 2.75) is 32.9 Å². The van der Waals surface area contributed by atoms with Gasteiger partial charge in [-0.15, -0.1) is 11.3 Å². The normalized spacial score (nSPS) is 12.5. The molecule has 5 heteroatoms. The highest BCUT2D eigenvalue weighted by molar-refractivity contribution is 7.11. The maximum absolute atomic E-state index is 13.8. The first-order valence-electron chi connectivity index (χ1n) is 7.55. The molecule has 1 unspecified atom stereocenters. The molecule has 2 aromatic heterocycles. The van der Waals surface area contributed by atoms with Crippen molar-refractivity contribution >= 4 is 22.7 Å². The van der Waals surface area contributed by atoms with Crippen molar-refractivity contribution < 1.29 is 4.39 Å². The van der Waals surface area contributed by atoms with Crippen LogP contribution in [0.2, 0.25) is 0 Å². The molecule has 0 aliphatic carbocycles. The van der Waals surface area contributed by atoms with Gasteiger partial charge in [0.1, 0.15) is 10.8 Å². The van der Waals surface area contributed by atoms with Gasteiger partial charge in [0.15, 0.2) is 0 Å². The number of benzene rings is 1. The van der Waals surface area contributed by atoms with Gasteiger partial charge in [0, 0.05) is 17.0 Å². The number of thiophene rings is 1. The number of halogens is 1. The van der Waals surface area contributed by atoms with Crippen molar-refractivity contribution in [3.8, 4) is 0 Å². The van der Waals surface area contributed by atoms with Crippen LogP contribution in [-0.2, 0) is 13.0 Å². The Morgan fingerprint density at radius 1 is 1.22 bits per heavy atom. The topological polar surface area (TPSA) is 24.9 Å². The molecule has 0 aliphatic rings. The van der Waals surface area contributed by atoms with Crippen LogP contribution in [-0.4, -0.2) is 4.98 Å². The monoisotopic (exact) mass is 346 g/mol. The minimum atomic E-state index is -0.166. The van der Waals surface area contributed by atoms with Crippen LogP contribution in [0.4, 0.5) is 4.39 Å². The molecule has 0 saturated carbocycles. The van der Waals surface area contributed by atoms with E-state index in [-0.39, 0.29) is 11.9 Å². The first kappa shape index (κ1) is 16.3. The number of thiazole rings is 1. The van der Waals surface area contributed by atoms with Crippen LogP contribution in [0.1, 0.15) is 32.7 Å². The molecule has 1 aromatic carbocycles. The number of aryl methyl sites for hydroxylation is 2. The summed E-state index contributed by atoms with van der Waals surface area (Å²) in [6, 6.07) is 9.14. The summed E-state index contributed by atoms with van der Waals surface area (Å²) in [5.41, 5.74) is 3.05. The van der Waals surface area contributed by atoms with Crippen molar-refractivity contribution in [2.75, 3.05) is 0 Å². The summed E-state index contributed by atoms with van der Waals surface area (Å²) in [5, 5.41) is 8.80. The number of nitrogens with zero attached hydrogens (tertiary/aromatic N) is 1. The lowest BCUT2D eigenvalue weighted by Gasteiger charge is -2.16. The maximum Gasteiger partial charge on any atom is 0.127 e. The van der Waals surface area contributed by atoms with Crippen LogP contribution in [0.5, 0.6) is 0 Å². The molecular formula is C18H19FN2S2. The molecule has 2 nitrogen and oxygen atoms in total. The van der Waals surface area contributed by atoms with Crippen molar-refractivity contribution in [3.63, 3.8) is 0 Å². The van der Waals surface area contributed by atoms with E-state index in [1.54, 1.807) is 28.7 Å². The maximum atomic E-state index is 13.8. The lowest BCUT2D eigenvalue weighted by molar-refractivity contribution is 0.511. The molecule has 23 heavy (non-hydrogen) atoms. The number of hydrogen-bond acceptors (Lipinski definition) is 4. The van der Waals surface area contributed by atoms with Crippen LogP contribution < -0.4 is 5.32 Å². The average molecular weight is 346 g/mol. The lowest BCUT2D eigenvalue weighted by atomic mass is 10.1. The highest BCUT2D eigenvalue weighted by atomic mass is 32.1. The summed E-state index contributed by atoms with van der Waals surface area (Å²) in [6.07, 6.45) is 0.865. The molecule has 3 rings (SSSR count). The van der Waals surface area contributed by atoms with E-state index in [0.717, 1.165) is 17.1 Å². The zero-order valence-electron chi connectivity index (χ0n) is 13.2. The van der Waals surface area contributed by atoms with Gasteiger partial charge in [0.25, 0.3) is 0 Å². The molecule has 0 radical (unpaired) electrons. The van der Waals surface area contributed by atoms with Crippen molar-refractivity contribution in [3.05, 3.63) is 73.6 Å². The first-order valence-corrected chi connectivity index (χ1v) is 9.31. The Morgan fingerprint density at radius 3 is 2.70 bits per heavy atom. The molecule has 120 valence electrons. The zero-order valence-corrected chi connectivity index (χ0v) is 14.8. The predicted octanol–water partition coefficient (Wildman–Crippen LogP) is 5.03. The fraction of sp³-hybridized carbons (Fsp3) is 0.278. The second-order valence-corrected chi connectivity index (χ2v) is 7.57. The molecule has 0 aliphatic heterocycles. The van der Waals surface area contributed by atoms with Crippen LogP contribution in [0.25, 0.3) is 0 Å². The van der Waals surface area contributed by atoms with Crippen LogP contribution >= 0.6 is 22.7 Å². The Hall–Kier alpha value is -1.56. The van der Waals surface area contributed by atoms with Gasteiger partial charge in [-0.3, -0.25) is 0 Å². The van der Waals surface area contributed by atoms with Gasteiger partial charge >= 0.3 is 0 Å². The molecule has 2 heterocycles. The lowest BCUT2D eigenvalue weighted by Crippen LogP contribution is -2.23. The fourth-order valence-corrected chi connectivity index (χ4v) is 4.09. The third-order valence-corrected chi connectivity index (χ3v) is 5.78. The number of rotatable bonds is 6. The molecule has 0 saturated heterocycles. The van der Waals surface area contributed by atoms with Gasteiger partial charge in [-0.2, -0.15) is 11.3 Å². The zero-order chi connectivity index (χ0) is 16.2. The molecule has 0 spiro atoms. The summed E-state index contributed by atoms with van der Waals surface area (Å²) in [7, 11) is 0. The Balaban J connectivity index is 1.78. The van der Waals surface area contributed by atoms with Gasteiger partial charge in [-0.1, -0.05) is 18.2 Å². The molecule has 3 aromatic rings. The number of hydrogen-bond donors (Lipinski definition) is 1. The smallest absolute Gasteiger partial charge is 0.127 e. The van der Waals surface area contributed by atoms with E-state index in [1.807, 2.05) is 19.1 Å². The van der Waals surface area contributed by atoms with Crippen molar-refractivity contribution in [1.82, 2.24) is 10.3 Å². The highest BCUT2D eigenvalue weighted by Crippen LogP contribution is 2.26. The fourth-order valence-electron chi connectivity index (χ4n) is 2.41. The minimum Gasteiger partial charge on any atom is -0.303 e. The first-order chi connectivity index (χ1) is 11.1. The van der Waals surface area contributed by atoms with Gasteiger partial charge in [-0.05, 0) is 48.7 Å². The van der Waals surface area contributed by atoms with Gasteiger partial charge in [0.05, 0.1) is 11.7 Å². The number of nitrogens with one attached hydrogen (secondary N) is 1. The Labute approximate surface area is 144 Å². The largest absolute Gasteiger partial charge is 0.303 e. The van der Waals surface area contributed by atoms with E-state index in [0.29, 0.717) is 12.1 Å². The molecule has 1 atom stereocenters. The van der Waals surface area contributed by atoms with Gasteiger partial charge in [0.2, 0.25) is 0 Å². The van der Waals surface area contributed by atoms with Gasteiger partial charge < -0.3 is 5.32 Å². The van der Waals surface area contributed by atoms with E-state index in [9.17, 15) is 4.39 Å². The number of aromatic nitrogens is 1. The summed E-state index contributed by atoms with van der Waals surface area (Å²) in [4.78, 5) is 5.93. The SMILES string of the molecule is Cc1nc(C(Cc2ccsc2)NCc2ccccc2F)sc1C. The second-order valence-electron chi connectivity index (χ2n) is 5.55. The Kier molecular flexibility index (Phi) is 5.20. The summed E-state index contributed by atoms with van der Waals surface area (Å²) in [5.74, 6) is -0.166. The molecule has 0 amide bonds. The van der Waals surface area contributed by atoms with Crippen LogP contribution in [0, 0.1) is 19.7 Å². The van der Waals surface area contributed by atoms with E-state index in [4.69, 9.17) is 4.98 Å². The quantitative estimate of drug-likeness (QED) is 0.677. The minimum absolute atomic E-state index is 0.0987. The van der Waals surface area contributed by atoms with E-state index < -0.39 is 0 Å². The average Bonchev–Trinajstić information content (AvgIpc) is 3.15. The second kappa shape index (κ2) is 7.34.